The molecule has 9 heteroatoms. The lowest BCUT2D eigenvalue weighted by Crippen LogP contribution is -2.32. The summed E-state index contributed by atoms with van der Waals surface area (Å²) in [4.78, 5) is 30.2. The molecule has 3 atom stereocenters. The molecule has 1 spiro atoms. The maximum absolute atomic E-state index is 12.9. The maximum atomic E-state index is 12.9. The lowest BCUT2D eigenvalue weighted by molar-refractivity contribution is -0.160. The zero-order valence-electron chi connectivity index (χ0n) is 18.2. The van der Waals surface area contributed by atoms with E-state index < -0.39 is 29.1 Å². The SMILES string of the molecule is CCCCCOCC1CC2(CC(C)(c3csc(Nc4ccccc4Cl)n3)OC2=O)C(=O)O1. The molecular weight excluding hydrogens is 452 g/mol. The van der Waals surface area contributed by atoms with E-state index in [9.17, 15) is 9.59 Å². The maximum Gasteiger partial charge on any atom is 0.324 e. The van der Waals surface area contributed by atoms with Gasteiger partial charge in [0.1, 0.15) is 6.10 Å². The zero-order chi connectivity index (χ0) is 22.8. The van der Waals surface area contributed by atoms with Gasteiger partial charge in [-0.1, -0.05) is 43.5 Å². The molecule has 0 bridgehead atoms. The Kier molecular flexibility index (Phi) is 6.74. The number of para-hydroxylation sites is 1. The van der Waals surface area contributed by atoms with Gasteiger partial charge in [-0.3, -0.25) is 9.59 Å². The van der Waals surface area contributed by atoms with Crippen LogP contribution in [0.5, 0.6) is 0 Å². The van der Waals surface area contributed by atoms with Crippen LogP contribution < -0.4 is 5.32 Å². The molecule has 0 aliphatic carbocycles. The average molecular weight is 479 g/mol. The second-order valence-corrected chi connectivity index (χ2v) is 9.80. The van der Waals surface area contributed by atoms with Crippen LogP contribution in [0.25, 0.3) is 0 Å². The third kappa shape index (κ3) is 4.49. The molecule has 3 heterocycles. The van der Waals surface area contributed by atoms with E-state index in [1.54, 1.807) is 13.0 Å². The number of nitrogens with zero attached hydrogens (tertiary/aromatic N) is 1. The summed E-state index contributed by atoms with van der Waals surface area (Å²) < 4.78 is 16.9. The zero-order valence-corrected chi connectivity index (χ0v) is 19.8. The van der Waals surface area contributed by atoms with Crippen molar-refractivity contribution in [3.63, 3.8) is 0 Å². The van der Waals surface area contributed by atoms with Gasteiger partial charge in [-0.15, -0.1) is 11.3 Å². The molecule has 2 saturated heterocycles. The predicted octanol–water partition coefficient (Wildman–Crippen LogP) is 5.21. The van der Waals surface area contributed by atoms with Crippen LogP contribution in [0.4, 0.5) is 10.8 Å². The van der Waals surface area contributed by atoms with Gasteiger partial charge < -0.3 is 19.5 Å². The van der Waals surface area contributed by atoms with E-state index in [2.05, 4.69) is 17.2 Å². The summed E-state index contributed by atoms with van der Waals surface area (Å²) in [6.45, 7) is 4.83. The normalized spacial score (nSPS) is 27.0. The first-order valence-electron chi connectivity index (χ1n) is 10.9. The number of carbonyl (C=O) groups is 2. The molecule has 0 radical (unpaired) electrons. The highest BCUT2D eigenvalue weighted by molar-refractivity contribution is 7.13. The fourth-order valence-corrected chi connectivity index (χ4v) is 5.26. The number of anilines is 2. The van der Waals surface area contributed by atoms with E-state index in [1.807, 2.05) is 23.6 Å². The summed E-state index contributed by atoms with van der Waals surface area (Å²) in [5, 5.41) is 6.22. The molecule has 1 N–H and O–H groups in total. The van der Waals surface area contributed by atoms with Crippen LogP contribution in [0.3, 0.4) is 0 Å². The minimum atomic E-state index is -1.30. The minimum absolute atomic E-state index is 0.194. The number of benzene rings is 1. The first kappa shape index (κ1) is 23.0. The Labute approximate surface area is 196 Å². The Hall–Kier alpha value is -2.16. The first-order chi connectivity index (χ1) is 15.4. The van der Waals surface area contributed by atoms with Crippen molar-refractivity contribution in [2.75, 3.05) is 18.5 Å². The van der Waals surface area contributed by atoms with E-state index in [4.69, 9.17) is 25.8 Å². The Morgan fingerprint density at radius 3 is 2.88 bits per heavy atom. The lowest BCUT2D eigenvalue weighted by atomic mass is 9.78. The standard InChI is InChI=1S/C23H27ClN2O5S/c1-3-4-7-10-29-12-15-11-23(19(27)30-15)14-22(2,31-20(23)28)18-13-32-21(26-18)25-17-9-6-5-8-16(17)24/h5-6,8-9,13,15H,3-4,7,10-12,14H2,1-2H3,(H,25,26). The topological polar surface area (TPSA) is 86.8 Å². The molecule has 2 aliphatic rings. The van der Waals surface area contributed by atoms with Crippen LogP contribution in [-0.2, 0) is 29.4 Å². The van der Waals surface area contributed by atoms with Crippen LogP contribution in [0.15, 0.2) is 29.6 Å². The van der Waals surface area contributed by atoms with Crippen molar-refractivity contribution < 1.29 is 23.8 Å². The first-order valence-corrected chi connectivity index (χ1v) is 12.1. The fourth-order valence-electron chi connectivity index (χ4n) is 4.23. The minimum Gasteiger partial charge on any atom is -0.459 e. The van der Waals surface area contributed by atoms with E-state index in [1.165, 1.54) is 11.3 Å². The van der Waals surface area contributed by atoms with E-state index >= 15 is 0 Å². The Balaban J connectivity index is 1.43. The highest BCUT2D eigenvalue weighted by atomic mass is 35.5. The fraction of sp³-hybridized carbons (Fsp3) is 0.522. The van der Waals surface area contributed by atoms with Crippen LogP contribution in [-0.4, -0.2) is 36.2 Å². The van der Waals surface area contributed by atoms with Crippen molar-refractivity contribution >= 4 is 45.7 Å². The highest BCUT2D eigenvalue weighted by Gasteiger charge is 2.65. The van der Waals surface area contributed by atoms with Crippen molar-refractivity contribution in [2.45, 2.75) is 57.7 Å². The molecule has 1 aromatic heterocycles. The number of rotatable bonds is 9. The van der Waals surface area contributed by atoms with Crippen LogP contribution in [0, 0.1) is 5.41 Å². The Morgan fingerprint density at radius 2 is 2.09 bits per heavy atom. The molecule has 3 unspecified atom stereocenters. The van der Waals surface area contributed by atoms with E-state index in [-0.39, 0.29) is 12.8 Å². The Morgan fingerprint density at radius 1 is 1.28 bits per heavy atom. The summed E-state index contributed by atoms with van der Waals surface area (Å²) in [6, 6.07) is 7.37. The molecular formula is C23H27ClN2O5S. The molecule has 0 saturated carbocycles. The lowest BCUT2D eigenvalue weighted by Gasteiger charge is -2.20. The van der Waals surface area contributed by atoms with Gasteiger partial charge >= 0.3 is 11.9 Å². The van der Waals surface area contributed by atoms with Crippen molar-refractivity contribution in [2.24, 2.45) is 5.41 Å². The summed E-state index contributed by atoms with van der Waals surface area (Å²) in [6.07, 6.45) is 3.20. The molecule has 7 nitrogen and oxygen atoms in total. The van der Waals surface area contributed by atoms with E-state index in [0.717, 1.165) is 24.9 Å². The number of unbranched alkanes of at least 4 members (excludes halogenated alkanes) is 2. The van der Waals surface area contributed by atoms with Crippen LogP contribution >= 0.6 is 22.9 Å². The molecule has 172 valence electrons. The van der Waals surface area contributed by atoms with Gasteiger partial charge in [-0.2, -0.15) is 0 Å². The van der Waals surface area contributed by atoms with Gasteiger partial charge in [0, 0.05) is 24.8 Å². The van der Waals surface area contributed by atoms with Gasteiger partial charge in [0.15, 0.2) is 16.1 Å². The van der Waals surface area contributed by atoms with Crippen LogP contribution in [0.1, 0.15) is 51.6 Å². The molecule has 2 aliphatic heterocycles. The molecule has 1 aromatic carbocycles. The molecule has 32 heavy (non-hydrogen) atoms. The number of halogens is 1. The largest absolute Gasteiger partial charge is 0.459 e. The number of thiazole rings is 1. The number of ether oxygens (including phenoxy) is 3. The highest BCUT2D eigenvalue weighted by Crippen LogP contribution is 2.52. The third-order valence-corrected chi connectivity index (χ3v) is 7.03. The van der Waals surface area contributed by atoms with Crippen molar-refractivity contribution in [1.29, 1.82) is 0 Å². The van der Waals surface area contributed by atoms with Gasteiger partial charge in [-0.05, 0) is 25.5 Å². The third-order valence-electron chi connectivity index (χ3n) is 5.95. The number of aromatic nitrogens is 1. The quantitative estimate of drug-likeness (QED) is 0.300. The van der Waals surface area contributed by atoms with Crippen molar-refractivity contribution in [1.82, 2.24) is 4.98 Å². The second-order valence-electron chi connectivity index (χ2n) is 8.54. The van der Waals surface area contributed by atoms with Gasteiger partial charge in [-0.25, -0.2) is 4.98 Å². The predicted molar refractivity (Wildman–Crippen MR) is 122 cm³/mol. The average Bonchev–Trinajstić information content (AvgIpc) is 3.42. The molecule has 2 fully saturated rings. The number of carbonyl (C=O) groups excluding carboxylic acids is 2. The monoisotopic (exact) mass is 478 g/mol. The van der Waals surface area contributed by atoms with Crippen LogP contribution in [0.2, 0.25) is 5.02 Å². The number of cyclic esters (lactones) is 2. The number of hydrogen-bond donors (Lipinski definition) is 1. The Bertz CT molecular complexity index is 998. The van der Waals surface area contributed by atoms with Gasteiger partial charge in [0.05, 0.1) is 23.0 Å². The second kappa shape index (κ2) is 9.37. The van der Waals surface area contributed by atoms with Crippen molar-refractivity contribution in [3.8, 4) is 0 Å². The van der Waals surface area contributed by atoms with Gasteiger partial charge in [0.25, 0.3) is 0 Å². The van der Waals surface area contributed by atoms with Crippen molar-refractivity contribution in [3.05, 3.63) is 40.4 Å². The molecule has 0 amide bonds. The molecule has 2 aromatic rings. The number of esters is 2. The summed E-state index contributed by atoms with van der Waals surface area (Å²) in [7, 11) is 0. The summed E-state index contributed by atoms with van der Waals surface area (Å²) >= 11 is 7.59. The molecule has 4 rings (SSSR count). The van der Waals surface area contributed by atoms with Gasteiger partial charge in [0.2, 0.25) is 0 Å². The smallest absolute Gasteiger partial charge is 0.324 e. The van der Waals surface area contributed by atoms with E-state index in [0.29, 0.717) is 29.1 Å². The summed E-state index contributed by atoms with van der Waals surface area (Å²) in [5.74, 6) is -1.08. The number of hydrogen-bond acceptors (Lipinski definition) is 8. The number of nitrogens with one attached hydrogen (secondary N) is 1. The summed E-state index contributed by atoms with van der Waals surface area (Å²) in [5.41, 5.74) is -0.980.